The summed E-state index contributed by atoms with van der Waals surface area (Å²) in [4.78, 5) is 12.0. The van der Waals surface area contributed by atoms with Crippen molar-refractivity contribution < 1.29 is 23.9 Å². The molecule has 0 spiro atoms. The molecule has 0 fully saturated rings. The smallest absolute Gasteiger partial charge is 0.490 e. The molecule has 1 aliphatic rings. The monoisotopic (exact) mass is 361 g/mol. The minimum Gasteiger partial charge on any atom is -0.490 e. The molecule has 2 rings (SSSR count). The number of hydrogen-bond acceptors (Lipinski definition) is 7. The maximum absolute atomic E-state index is 12.0. The summed E-state index contributed by atoms with van der Waals surface area (Å²) in [5, 5.41) is 21.8. The van der Waals surface area contributed by atoms with E-state index in [1.54, 1.807) is 39.8 Å². The number of ether oxygens (including phenoxy) is 2. The van der Waals surface area contributed by atoms with Gasteiger partial charge in [0.1, 0.15) is 23.5 Å². The molecule has 1 aliphatic heterocycles. The normalized spacial score (nSPS) is 15.7. The number of nitriles is 1. The van der Waals surface area contributed by atoms with Gasteiger partial charge in [-0.2, -0.15) is 5.26 Å². The van der Waals surface area contributed by atoms with Gasteiger partial charge in [-0.1, -0.05) is 6.07 Å². The van der Waals surface area contributed by atoms with E-state index in [0.29, 0.717) is 16.8 Å². The quantitative estimate of drug-likeness (QED) is 0.654. The number of amides is 1. The molecule has 26 heavy (non-hydrogen) atoms. The second-order valence-corrected chi connectivity index (χ2v) is 7.45. The lowest BCUT2D eigenvalue weighted by molar-refractivity contribution is 0.0523. The lowest BCUT2D eigenvalue weighted by Gasteiger charge is -2.22. The molecule has 1 amide bonds. The van der Waals surface area contributed by atoms with Crippen LogP contribution in [-0.4, -0.2) is 36.0 Å². The predicted molar refractivity (Wildman–Crippen MR) is 95.6 cm³/mol. The maximum atomic E-state index is 12.0. The molecule has 140 valence electrons. The number of carbonyl (C=O) groups excluding carboxylic acids is 1. The fourth-order valence-electron chi connectivity index (χ4n) is 2.43. The number of benzene rings is 1. The van der Waals surface area contributed by atoms with Crippen LogP contribution in [0, 0.1) is 11.3 Å². The van der Waals surface area contributed by atoms with Crippen LogP contribution >= 0.6 is 0 Å². The zero-order chi connectivity index (χ0) is 19.5. The van der Waals surface area contributed by atoms with Crippen molar-refractivity contribution in [2.24, 2.45) is 5.73 Å². The molecule has 0 saturated heterocycles. The highest BCUT2D eigenvalue weighted by atomic mass is 16.6. The largest absolute Gasteiger partial charge is 0.492 e. The molecular weight excluding hydrogens is 337 g/mol. The highest BCUT2D eigenvalue weighted by molar-refractivity contribution is 6.62. The van der Waals surface area contributed by atoms with Crippen molar-refractivity contribution >= 4 is 18.7 Å². The van der Waals surface area contributed by atoms with Gasteiger partial charge in [-0.25, -0.2) is 4.79 Å². The lowest BCUT2D eigenvalue weighted by atomic mass is 9.76. The van der Waals surface area contributed by atoms with E-state index >= 15 is 0 Å². The Morgan fingerprint density at radius 2 is 2.15 bits per heavy atom. The predicted octanol–water partition coefficient (Wildman–Crippen LogP) is 0.549. The topological polar surface area (TPSA) is 127 Å². The summed E-state index contributed by atoms with van der Waals surface area (Å²) < 4.78 is 16.2. The van der Waals surface area contributed by atoms with Crippen molar-refractivity contribution in [3.63, 3.8) is 0 Å². The van der Waals surface area contributed by atoms with Gasteiger partial charge in [0.25, 0.3) is 0 Å². The third kappa shape index (κ3) is 5.11. The molecule has 9 heteroatoms. The second kappa shape index (κ2) is 7.54. The van der Waals surface area contributed by atoms with Gasteiger partial charge in [0, 0.05) is 12.1 Å². The van der Waals surface area contributed by atoms with Gasteiger partial charge in [0.05, 0.1) is 12.7 Å². The highest BCUT2D eigenvalue weighted by Crippen LogP contribution is 2.24. The lowest BCUT2D eigenvalue weighted by Crippen LogP contribution is -2.41. The number of alkyl carbamates (subject to hydrolysis) is 1. The van der Waals surface area contributed by atoms with Crippen LogP contribution in [0.3, 0.4) is 0 Å². The summed E-state index contributed by atoms with van der Waals surface area (Å²) in [5.74, 6) is 0.413. The van der Waals surface area contributed by atoms with Crippen LogP contribution in [0.25, 0.3) is 0 Å². The number of fused-ring (bicyclic) bond motifs is 1. The Balaban J connectivity index is 2.22. The minimum atomic E-state index is -1.16. The summed E-state index contributed by atoms with van der Waals surface area (Å²) in [6.07, 6.45) is -0.588. The van der Waals surface area contributed by atoms with E-state index in [2.05, 4.69) is 5.32 Å². The molecule has 1 aromatic rings. The number of hydrogen-bond donors (Lipinski definition) is 3. The molecule has 0 saturated carbocycles. The average Bonchev–Trinajstić information content (AvgIpc) is 2.91. The Bertz CT molecular complexity index is 724. The fourth-order valence-corrected chi connectivity index (χ4v) is 2.43. The number of rotatable bonds is 5. The van der Waals surface area contributed by atoms with Crippen LogP contribution in [0.15, 0.2) is 12.1 Å². The Morgan fingerprint density at radius 1 is 1.46 bits per heavy atom. The van der Waals surface area contributed by atoms with Crippen molar-refractivity contribution in [2.45, 2.75) is 52.0 Å². The standard InChI is InChI=1S/C17H24BN3O5/c1-16(2,3)26-15(22)21-7-12-13(24-10-17(4,20)9-19)6-5-11-8-25-18(23)14(11)12/h5-6,23H,7-8,10,20H2,1-4H3,(H,21,22)/t17-/m0/s1. The summed E-state index contributed by atoms with van der Waals surface area (Å²) in [5.41, 5.74) is 5.93. The van der Waals surface area contributed by atoms with E-state index in [-0.39, 0.29) is 19.8 Å². The first-order valence-electron chi connectivity index (χ1n) is 8.26. The van der Waals surface area contributed by atoms with Crippen molar-refractivity contribution in [3.05, 3.63) is 23.3 Å². The first-order valence-corrected chi connectivity index (χ1v) is 8.26. The second-order valence-electron chi connectivity index (χ2n) is 7.45. The van der Waals surface area contributed by atoms with E-state index in [1.165, 1.54) is 0 Å². The molecule has 0 aromatic heterocycles. The van der Waals surface area contributed by atoms with Crippen molar-refractivity contribution in [1.82, 2.24) is 5.32 Å². The first kappa shape index (κ1) is 20.0. The van der Waals surface area contributed by atoms with Gasteiger partial charge in [-0.05, 0) is 44.8 Å². The molecule has 1 aromatic carbocycles. The molecule has 0 aliphatic carbocycles. The zero-order valence-corrected chi connectivity index (χ0v) is 15.5. The van der Waals surface area contributed by atoms with Gasteiger partial charge in [-0.15, -0.1) is 0 Å². The van der Waals surface area contributed by atoms with Gasteiger partial charge in [0.2, 0.25) is 0 Å². The van der Waals surface area contributed by atoms with Gasteiger partial charge < -0.3 is 30.2 Å². The Hall–Kier alpha value is -2.28. The van der Waals surface area contributed by atoms with Crippen LogP contribution in [0.2, 0.25) is 0 Å². The van der Waals surface area contributed by atoms with Crippen LogP contribution < -0.4 is 21.3 Å². The molecule has 0 unspecified atom stereocenters. The molecule has 1 atom stereocenters. The molecule has 0 bridgehead atoms. The summed E-state index contributed by atoms with van der Waals surface area (Å²) in [7, 11) is -1.11. The maximum Gasteiger partial charge on any atom is 0.492 e. The van der Waals surface area contributed by atoms with Crippen molar-refractivity contribution in [1.29, 1.82) is 5.26 Å². The molecule has 1 heterocycles. The number of nitrogens with two attached hydrogens (primary N) is 1. The summed E-state index contributed by atoms with van der Waals surface area (Å²) in [6, 6.07) is 5.44. The van der Waals surface area contributed by atoms with Gasteiger partial charge in [-0.3, -0.25) is 0 Å². The third-order valence-corrected chi connectivity index (χ3v) is 3.64. The number of nitrogens with zero attached hydrogens (tertiary/aromatic N) is 1. The average molecular weight is 361 g/mol. The molecular formula is C17H24BN3O5. The van der Waals surface area contributed by atoms with E-state index in [1.807, 2.05) is 6.07 Å². The third-order valence-electron chi connectivity index (χ3n) is 3.64. The van der Waals surface area contributed by atoms with Crippen LogP contribution in [0.1, 0.15) is 38.8 Å². The Morgan fingerprint density at radius 3 is 2.77 bits per heavy atom. The Kier molecular flexibility index (Phi) is 5.81. The van der Waals surface area contributed by atoms with Crippen LogP contribution in [-0.2, 0) is 22.5 Å². The van der Waals surface area contributed by atoms with Crippen molar-refractivity contribution in [3.8, 4) is 11.8 Å². The van der Waals surface area contributed by atoms with E-state index in [4.69, 9.17) is 25.1 Å². The highest BCUT2D eigenvalue weighted by Gasteiger charge is 2.32. The van der Waals surface area contributed by atoms with Crippen LogP contribution in [0.4, 0.5) is 4.79 Å². The SMILES string of the molecule is CC(C)(C)OC(=O)NCc1c(OC[C@@](C)(N)C#N)ccc2c1B(O)OC2. The minimum absolute atomic E-state index is 0.0430. The van der Waals surface area contributed by atoms with E-state index in [9.17, 15) is 9.82 Å². The molecule has 0 radical (unpaired) electrons. The fraction of sp³-hybridized carbons (Fsp3) is 0.529. The molecule has 8 nitrogen and oxygen atoms in total. The molecule has 4 N–H and O–H groups in total. The van der Waals surface area contributed by atoms with Crippen LogP contribution in [0.5, 0.6) is 5.75 Å². The zero-order valence-electron chi connectivity index (χ0n) is 15.5. The van der Waals surface area contributed by atoms with E-state index in [0.717, 1.165) is 5.56 Å². The Labute approximate surface area is 153 Å². The van der Waals surface area contributed by atoms with Gasteiger partial charge in [0.15, 0.2) is 0 Å². The van der Waals surface area contributed by atoms with Crippen molar-refractivity contribution in [2.75, 3.05) is 6.61 Å². The van der Waals surface area contributed by atoms with Gasteiger partial charge >= 0.3 is 13.2 Å². The number of nitrogens with one attached hydrogen (secondary N) is 1. The van der Waals surface area contributed by atoms with E-state index < -0.39 is 24.4 Å². The number of carbonyl (C=O) groups is 1. The summed E-state index contributed by atoms with van der Waals surface area (Å²) in [6.45, 7) is 7.15. The summed E-state index contributed by atoms with van der Waals surface area (Å²) >= 11 is 0. The first-order chi connectivity index (χ1) is 12.0.